The first kappa shape index (κ1) is 19.5. The summed E-state index contributed by atoms with van der Waals surface area (Å²) in [6, 6.07) is 21.1. The Morgan fingerprint density at radius 2 is 1.52 bits per heavy atom. The molecular formula is C23H27NO2Si. The Morgan fingerprint density at radius 1 is 1.04 bits per heavy atom. The lowest BCUT2D eigenvalue weighted by molar-refractivity contribution is -0.126. The molecule has 27 heavy (non-hydrogen) atoms. The molecule has 0 amide bonds. The smallest absolute Gasteiger partial charge is 0.272 e. The van der Waals surface area contributed by atoms with Crippen molar-refractivity contribution in [3.63, 3.8) is 0 Å². The number of Topliss-reactive ketones (excluding diaryl/α,β-unsaturated/α-hetero) is 1. The highest BCUT2D eigenvalue weighted by Gasteiger charge is 2.53. The molecule has 0 aromatic heterocycles. The summed E-state index contributed by atoms with van der Waals surface area (Å²) < 4.78 is 6.98. The maximum absolute atomic E-state index is 12.0. The van der Waals surface area contributed by atoms with Crippen LogP contribution in [0.3, 0.4) is 0 Å². The SMILES string of the molecule is [C-]#[N+]CC(=O)C1CC(O[Si](c2ccccc2)(c2ccccc2)C(C)(C)C)C1. The maximum atomic E-state index is 12.0. The minimum atomic E-state index is -2.54. The van der Waals surface area contributed by atoms with Crippen LogP contribution in [-0.4, -0.2) is 26.7 Å². The average molecular weight is 378 g/mol. The van der Waals surface area contributed by atoms with Crippen molar-refractivity contribution in [3.05, 3.63) is 72.1 Å². The van der Waals surface area contributed by atoms with Crippen LogP contribution in [0.1, 0.15) is 33.6 Å². The molecule has 1 aliphatic rings. The molecule has 2 aromatic rings. The summed E-state index contributed by atoms with van der Waals surface area (Å²) in [6.07, 6.45) is 1.55. The third kappa shape index (κ3) is 3.76. The van der Waals surface area contributed by atoms with E-state index in [1.165, 1.54) is 10.4 Å². The van der Waals surface area contributed by atoms with Gasteiger partial charge in [-0.1, -0.05) is 81.4 Å². The Morgan fingerprint density at radius 3 is 1.93 bits per heavy atom. The van der Waals surface area contributed by atoms with Crippen LogP contribution in [0.15, 0.2) is 60.7 Å². The first-order valence-electron chi connectivity index (χ1n) is 9.53. The Bertz CT molecular complexity index is 775. The van der Waals surface area contributed by atoms with Gasteiger partial charge in [0.05, 0.1) is 0 Å². The standard InChI is InChI=1S/C23H27NO2Si/c1-23(2,3)27(20-11-7-5-8-12-20,21-13-9-6-10-14-21)26-19-15-18(16-19)22(25)17-24-4/h5-14,18-19H,15-17H2,1-3H3. The highest BCUT2D eigenvalue weighted by molar-refractivity contribution is 6.99. The number of carbonyl (C=O) groups is 1. The molecule has 0 atom stereocenters. The van der Waals surface area contributed by atoms with E-state index >= 15 is 0 Å². The van der Waals surface area contributed by atoms with Crippen molar-refractivity contribution in [3.8, 4) is 0 Å². The summed E-state index contributed by atoms with van der Waals surface area (Å²) in [5.41, 5.74) is 0. The van der Waals surface area contributed by atoms with Gasteiger partial charge < -0.3 is 9.27 Å². The molecule has 2 aromatic carbocycles. The van der Waals surface area contributed by atoms with Crippen LogP contribution >= 0.6 is 0 Å². The molecule has 0 saturated heterocycles. The van der Waals surface area contributed by atoms with Gasteiger partial charge in [-0.05, 0) is 28.3 Å². The third-order valence-corrected chi connectivity index (χ3v) is 10.6. The molecule has 3 nitrogen and oxygen atoms in total. The molecule has 1 aliphatic carbocycles. The van der Waals surface area contributed by atoms with Gasteiger partial charge in [-0.3, -0.25) is 4.79 Å². The van der Waals surface area contributed by atoms with E-state index in [9.17, 15) is 4.79 Å². The quantitative estimate of drug-likeness (QED) is 0.566. The molecule has 4 heteroatoms. The van der Waals surface area contributed by atoms with Gasteiger partial charge in [0.2, 0.25) is 5.78 Å². The normalized spacial score (nSPS) is 19.8. The van der Waals surface area contributed by atoms with Crippen LogP contribution < -0.4 is 10.4 Å². The highest BCUT2D eigenvalue weighted by atomic mass is 28.4. The van der Waals surface area contributed by atoms with Crippen molar-refractivity contribution in [2.24, 2.45) is 5.92 Å². The van der Waals surface area contributed by atoms with Crippen molar-refractivity contribution in [2.45, 2.75) is 44.8 Å². The molecule has 0 radical (unpaired) electrons. The largest absolute Gasteiger partial charge is 0.404 e. The van der Waals surface area contributed by atoms with Crippen LogP contribution in [0.5, 0.6) is 0 Å². The first-order valence-corrected chi connectivity index (χ1v) is 11.4. The first-order chi connectivity index (χ1) is 12.9. The van der Waals surface area contributed by atoms with E-state index < -0.39 is 8.32 Å². The number of nitrogens with zero attached hydrogens (tertiary/aromatic N) is 1. The predicted molar refractivity (Wildman–Crippen MR) is 112 cm³/mol. The summed E-state index contributed by atoms with van der Waals surface area (Å²) >= 11 is 0. The Kier molecular flexibility index (Phi) is 5.64. The van der Waals surface area contributed by atoms with E-state index in [0.717, 1.165) is 12.8 Å². The number of benzene rings is 2. The Balaban J connectivity index is 1.97. The lowest BCUT2D eigenvalue weighted by atomic mass is 9.79. The second kappa shape index (κ2) is 7.80. The van der Waals surface area contributed by atoms with Crippen LogP contribution in [-0.2, 0) is 9.22 Å². The lowest BCUT2D eigenvalue weighted by Gasteiger charge is -2.48. The predicted octanol–water partition coefficient (Wildman–Crippen LogP) is 3.83. The Labute approximate surface area is 163 Å². The summed E-state index contributed by atoms with van der Waals surface area (Å²) in [6.45, 7) is 13.7. The molecule has 140 valence electrons. The van der Waals surface area contributed by atoms with E-state index in [1.54, 1.807) is 0 Å². The van der Waals surface area contributed by atoms with Gasteiger partial charge >= 0.3 is 0 Å². The third-order valence-electron chi connectivity index (χ3n) is 5.55. The molecule has 0 spiro atoms. The summed E-state index contributed by atoms with van der Waals surface area (Å²) in [5.74, 6) is 0.0506. The van der Waals surface area contributed by atoms with Crippen molar-refractivity contribution >= 4 is 24.5 Å². The molecule has 0 aliphatic heterocycles. The van der Waals surface area contributed by atoms with Gasteiger partial charge in [-0.15, -0.1) is 0 Å². The van der Waals surface area contributed by atoms with Crippen molar-refractivity contribution in [2.75, 3.05) is 6.54 Å². The Hall–Kier alpha value is -2.22. The fourth-order valence-electron chi connectivity index (χ4n) is 4.07. The van der Waals surface area contributed by atoms with Crippen LogP contribution in [0.4, 0.5) is 0 Å². The monoisotopic (exact) mass is 377 g/mol. The second-order valence-electron chi connectivity index (χ2n) is 8.35. The van der Waals surface area contributed by atoms with Crippen molar-refractivity contribution in [1.82, 2.24) is 0 Å². The van der Waals surface area contributed by atoms with Gasteiger partial charge in [0.25, 0.3) is 14.9 Å². The van der Waals surface area contributed by atoms with Gasteiger partial charge in [-0.25, -0.2) is 6.57 Å². The van der Waals surface area contributed by atoms with Crippen LogP contribution in [0, 0.1) is 12.5 Å². The number of rotatable bonds is 6. The second-order valence-corrected chi connectivity index (χ2v) is 12.6. The topological polar surface area (TPSA) is 30.7 Å². The number of hydrogen-bond acceptors (Lipinski definition) is 2. The summed E-state index contributed by atoms with van der Waals surface area (Å²) in [4.78, 5) is 15.3. The van der Waals surface area contributed by atoms with Gasteiger partial charge in [0, 0.05) is 12.0 Å². The molecule has 0 N–H and O–H groups in total. The fourth-order valence-corrected chi connectivity index (χ4v) is 8.78. The van der Waals surface area contributed by atoms with Gasteiger partial charge in [-0.2, -0.15) is 0 Å². The molecule has 0 unspecified atom stereocenters. The summed E-state index contributed by atoms with van der Waals surface area (Å²) in [5, 5.41) is 2.47. The minimum absolute atomic E-state index is 0.00337. The molecule has 1 saturated carbocycles. The number of hydrogen-bond donors (Lipinski definition) is 0. The lowest BCUT2D eigenvalue weighted by Crippen LogP contribution is -2.68. The van der Waals surface area contributed by atoms with Gasteiger partial charge in [0.1, 0.15) is 0 Å². The van der Waals surface area contributed by atoms with E-state index in [4.69, 9.17) is 11.0 Å². The zero-order valence-corrected chi connectivity index (χ0v) is 17.3. The molecule has 0 bridgehead atoms. The van der Waals surface area contributed by atoms with Gasteiger partial charge in [0.15, 0.2) is 0 Å². The zero-order chi connectivity index (χ0) is 19.5. The van der Waals surface area contributed by atoms with Crippen molar-refractivity contribution < 1.29 is 9.22 Å². The zero-order valence-electron chi connectivity index (χ0n) is 16.3. The maximum Gasteiger partial charge on any atom is 0.272 e. The van der Waals surface area contributed by atoms with E-state index in [1.807, 2.05) is 12.1 Å². The average Bonchev–Trinajstić information content (AvgIpc) is 2.61. The molecule has 3 rings (SSSR count). The summed E-state index contributed by atoms with van der Waals surface area (Å²) in [7, 11) is -2.54. The highest BCUT2D eigenvalue weighted by Crippen LogP contribution is 2.41. The molecule has 1 fully saturated rings. The van der Waals surface area contributed by atoms with E-state index in [2.05, 4.69) is 74.1 Å². The minimum Gasteiger partial charge on any atom is -0.404 e. The van der Waals surface area contributed by atoms with E-state index in [0.29, 0.717) is 0 Å². The molecular weight excluding hydrogens is 350 g/mol. The van der Waals surface area contributed by atoms with Crippen LogP contribution in [0.25, 0.3) is 4.85 Å². The fraction of sp³-hybridized carbons (Fsp3) is 0.391. The van der Waals surface area contributed by atoms with Crippen LogP contribution in [0.2, 0.25) is 5.04 Å². The number of ketones is 1. The number of carbonyl (C=O) groups excluding carboxylic acids is 1. The van der Waals surface area contributed by atoms with E-state index in [-0.39, 0.29) is 29.4 Å². The molecule has 0 heterocycles. The van der Waals surface area contributed by atoms with Crippen molar-refractivity contribution in [1.29, 1.82) is 0 Å².